The summed E-state index contributed by atoms with van der Waals surface area (Å²) in [4.78, 5) is 57.7. The molecule has 0 saturated carbocycles. The Labute approximate surface area is 249 Å². The molecule has 10 N–H and O–H groups in total. The van der Waals surface area contributed by atoms with Crippen LogP contribution in [-0.4, -0.2) is 69.5 Å². The van der Waals surface area contributed by atoms with Gasteiger partial charge in [-0.2, -0.15) is 0 Å². The lowest BCUT2D eigenvalue weighted by molar-refractivity contribution is -0.141. The van der Waals surface area contributed by atoms with Crippen LogP contribution in [-0.2, 0) is 32.0 Å². The second-order valence-electron chi connectivity index (χ2n) is 10.7. The number of hydrogen-bond donors (Lipinski definition) is 8. The Balaban J connectivity index is 1.54. The zero-order valence-electron chi connectivity index (χ0n) is 24.1. The van der Waals surface area contributed by atoms with Gasteiger partial charge in [0.1, 0.15) is 18.1 Å². The third kappa shape index (κ3) is 7.99. The number of carboxylic acids is 1. The summed E-state index contributed by atoms with van der Waals surface area (Å²) in [5.74, 6) is -2.94. The van der Waals surface area contributed by atoms with Gasteiger partial charge in [-0.05, 0) is 62.4 Å². The van der Waals surface area contributed by atoms with Crippen molar-refractivity contribution in [2.75, 3.05) is 6.54 Å². The number of nitrogens with two attached hydrogens (primary N) is 2. The Morgan fingerprint density at radius 1 is 0.767 bits per heavy atom. The van der Waals surface area contributed by atoms with Gasteiger partial charge in [-0.1, -0.05) is 36.4 Å². The lowest BCUT2D eigenvalue weighted by Gasteiger charge is -2.25. The molecule has 12 nitrogen and oxygen atoms in total. The molecule has 43 heavy (non-hydrogen) atoms. The summed E-state index contributed by atoms with van der Waals surface area (Å²) in [6, 6.07) is 11.1. The van der Waals surface area contributed by atoms with E-state index in [1.807, 2.05) is 54.7 Å². The lowest BCUT2D eigenvalue weighted by Crippen LogP contribution is -2.57. The summed E-state index contributed by atoms with van der Waals surface area (Å²) in [5.41, 5.74) is 15.4. The fourth-order valence-corrected chi connectivity index (χ4v) is 5.05. The van der Waals surface area contributed by atoms with Crippen LogP contribution in [0.5, 0.6) is 0 Å². The maximum Gasteiger partial charge on any atom is 0.325 e. The van der Waals surface area contributed by atoms with E-state index in [9.17, 15) is 24.3 Å². The fraction of sp³-hybridized carbons (Fsp3) is 0.355. The predicted molar refractivity (Wildman–Crippen MR) is 164 cm³/mol. The smallest absolute Gasteiger partial charge is 0.325 e. The molecule has 0 bridgehead atoms. The molecule has 0 spiro atoms. The molecule has 2 aromatic heterocycles. The normalized spacial score (nSPS) is 14.1. The number of aliphatic carboxylic acids is 1. The molecule has 0 aliphatic heterocycles. The number of para-hydroxylation sites is 2. The number of fused-ring (bicyclic) bond motifs is 2. The molecule has 0 fully saturated rings. The Kier molecular flexibility index (Phi) is 10.5. The van der Waals surface area contributed by atoms with Gasteiger partial charge < -0.3 is 42.5 Å². The Hall–Kier alpha value is -4.68. The minimum Gasteiger partial charge on any atom is -0.480 e. The minimum absolute atomic E-state index is 0.129. The zero-order chi connectivity index (χ0) is 30.9. The average molecular weight is 590 g/mol. The lowest BCUT2D eigenvalue weighted by atomic mass is 10.0. The molecule has 2 heterocycles. The molecular formula is C31H39N7O5. The first-order valence-corrected chi connectivity index (χ1v) is 14.4. The Morgan fingerprint density at radius 2 is 1.30 bits per heavy atom. The number of nitrogens with one attached hydrogen (secondary N) is 5. The van der Waals surface area contributed by atoms with Crippen molar-refractivity contribution in [2.45, 2.75) is 63.2 Å². The fourth-order valence-electron chi connectivity index (χ4n) is 5.05. The first-order chi connectivity index (χ1) is 20.7. The van der Waals surface area contributed by atoms with E-state index in [-0.39, 0.29) is 19.3 Å². The Morgan fingerprint density at radius 3 is 1.88 bits per heavy atom. The van der Waals surface area contributed by atoms with Crippen molar-refractivity contribution in [3.8, 4) is 0 Å². The maximum absolute atomic E-state index is 13.7. The number of aromatic nitrogens is 2. The zero-order valence-corrected chi connectivity index (χ0v) is 24.1. The van der Waals surface area contributed by atoms with Crippen molar-refractivity contribution in [2.24, 2.45) is 11.5 Å². The van der Waals surface area contributed by atoms with E-state index in [2.05, 4.69) is 25.9 Å². The van der Waals surface area contributed by atoms with Gasteiger partial charge in [0.05, 0.1) is 6.04 Å². The number of carboxylic acid groups (broad SMARTS) is 1. The van der Waals surface area contributed by atoms with E-state index in [4.69, 9.17) is 11.5 Å². The minimum atomic E-state index is -1.20. The van der Waals surface area contributed by atoms with Crippen LogP contribution in [0.4, 0.5) is 0 Å². The number of unbranched alkanes of at least 4 members (excludes halogenated alkanes) is 1. The average Bonchev–Trinajstić information content (AvgIpc) is 3.60. The molecule has 0 aliphatic rings. The van der Waals surface area contributed by atoms with Gasteiger partial charge in [-0.15, -0.1) is 0 Å². The second kappa shape index (κ2) is 14.5. The van der Waals surface area contributed by atoms with Gasteiger partial charge in [0.25, 0.3) is 0 Å². The van der Waals surface area contributed by atoms with Crippen molar-refractivity contribution >= 4 is 45.5 Å². The summed E-state index contributed by atoms with van der Waals surface area (Å²) >= 11 is 0. The summed E-state index contributed by atoms with van der Waals surface area (Å²) in [6.07, 6.45) is 5.37. The highest BCUT2D eigenvalue weighted by Gasteiger charge is 2.30. The van der Waals surface area contributed by atoms with Gasteiger partial charge in [0.2, 0.25) is 17.7 Å². The van der Waals surface area contributed by atoms with Gasteiger partial charge >= 0.3 is 5.97 Å². The van der Waals surface area contributed by atoms with Crippen molar-refractivity contribution < 1.29 is 24.3 Å². The first-order valence-electron chi connectivity index (χ1n) is 14.4. The molecule has 0 radical (unpaired) electrons. The molecule has 228 valence electrons. The number of amides is 3. The van der Waals surface area contributed by atoms with Crippen LogP contribution in [0, 0.1) is 0 Å². The summed E-state index contributed by atoms with van der Waals surface area (Å²) < 4.78 is 0. The third-order valence-corrected chi connectivity index (χ3v) is 7.49. The topological polar surface area (TPSA) is 208 Å². The van der Waals surface area contributed by atoms with Crippen molar-refractivity contribution in [3.63, 3.8) is 0 Å². The predicted octanol–water partition coefficient (Wildman–Crippen LogP) is 1.45. The second-order valence-corrected chi connectivity index (χ2v) is 10.7. The summed E-state index contributed by atoms with van der Waals surface area (Å²) in [7, 11) is 0. The molecule has 0 saturated heterocycles. The van der Waals surface area contributed by atoms with E-state index in [0.29, 0.717) is 19.4 Å². The maximum atomic E-state index is 13.7. The van der Waals surface area contributed by atoms with Crippen LogP contribution in [0.3, 0.4) is 0 Å². The summed E-state index contributed by atoms with van der Waals surface area (Å²) in [5, 5.41) is 19.1. The quantitative estimate of drug-likeness (QED) is 0.0956. The molecule has 3 amide bonds. The number of H-pyrrole nitrogens is 2. The highest BCUT2D eigenvalue weighted by molar-refractivity contribution is 5.95. The number of rotatable bonds is 15. The molecule has 0 aliphatic carbocycles. The van der Waals surface area contributed by atoms with E-state index >= 15 is 0 Å². The van der Waals surface area contributed by atoms with E-state index < -0.39 is 47.9 Å². The van der Waals surface area contributed by atoms with Crippen LogP contribution < -0.4 is 27.4 Å². The molecule has 2 aromatic carbocycles. The highest BCUT2D eigenvalue weighted by atomic mass is 16.4. The van der Waals surface area contributed by atoms with Gasteiger partial charge in [-0.3, -0.25) is 19.2 Å². The monoisotopic (exact) mass is 589 g/mol. The first kappa shape index (κ1) is 31.3. The number of benzene rings is 2. The van der Waals surface area contributed by atoms with E-state index in [0.717, 1.165) is 32.9 Å². The number of carbonyl (C=O) groups is 4. The molecule has 12 heteroatoms. The van der Waals surface area contributed by atoms with Gasteiger partial charge in [0.15, 0.2) is 0 Å². The summed E-state index contributed by atoms with van der Waals surface area (Å²) in [6.45, 7) is 1.75. The highest BCUT2D eigenvalue weighted by Crippen LogP contribution is 2.21. The third-order valence-electron chi connectivity index (χ3n) is 7.49. The Bertz CT molecular complexity index is 1580. The van der Waals surface area contributed by atoms with Crippen molar-refractivity contribution in [1.29, 1.82) is 0 Å². The molecular weight excluding hydrogens is 550 g/mol. The number of carbonyl (C=O) groups excluding carboxylic acids is 3. The van der Waals surface area contributed by atoms with Crippen molar-refractivity contribution in [1.82, 2.24) is 25.9 Å². The molecule has 4 atom stereocenters. The van der Waals surface area contributed by atoms with Gasteiger partial charge in [0, 0.05) is 40.6 Å². The number of aromatic amines is 2. The van der Waals surface area contributed by atoms with Crippen molar-refractivity contribution in [3.05, 3.63) is 72.1 Å². The molecule has 4 unspecified atom stereocenters. The van der Waals surface area contributed by atoms with E-state index in [1.165, 1.54) is 6.92 Å². The number of hydrogen-bond acceptors (Lipinski definition) is 6. The van der Waals surface area contributed by atoms with Gasteiger partial charge in [-0.25, -0.2) is 0 Å². The largest absolute Gasteiger partial charge is 0.480 e. The van der Waals surface area contributed by atoms with E-state index in [1.54, 1.807) is 6.20 Å². The molecule has 4 aromatic rings. The van der Waals surface area contributed by atoms with Crippen LogP contribution in [0.2, 0.25) is 0 Å². The van der Waals surface area contributed by atoms with Crippen LogP contribution in [0.25, 0.3) is 21.8 Å². The van der Waals surface area contributed by atoms with Crippen LogP contribution >= 0.6 is 0 Å². The standard InChI is InChI=1S/C31H39N7O5/c1-18(31(42)43)36-29(40)26(12-6-7-13-32)37-30(41)27(15-20-17-35-25-11-5-3-9-22(20)25)38-28(39)23(33)14-19-16-34-24-10-4-2-8-21(19)24/h2-5,8-11,16-18,23,26-27,34-35H,6-7,12-15,32-33H2,1H3,(H,36,40)(H,37,41)(H,38,39)(H,42,43). The molecule has 4 rings (SSSR count). The SMILES string of the molecule is CC(NC(=O)C(CCCCN)NC(=O)C(Cc1c[nH]c2ccccc12)NC(=O)C(N)Cc1c[nH]c2ccccc12)C(=O)O. The van der Waals surface area contributed by atoms with Crippen LogP contribution in [0.1, 0.15) is 37.3 Å². The van der Waals surface area contributed by atoms with Crippen LogP contribution in [0.15, 0.2) is 60.9 Å².